The minimum atomic E-state index is -0.914. The van der Waals surface area contributed by atoms with Crippen LogP contribution in [0.3, 0.4) is 0 Å². The molecule has 1 fully saturated rings. The van der Waals surface area contributed by atoms with Crippen molar-refractivity contribution in [3.63, 3.8) is 0 Å². The number of nitrogens with one attached hydrogen (secondary N) is 2. The summed E-state index contributed by atoms with van der Waals surface area (Å²) in [6.45, 7) is 7.87. The number of ether oxygens (including phenoxy) is 4. The Labute approximate surface area is 266 Å². The molecule has 5 amide bonds. The Balaban J connectivity index is 1.59. The molecule has 2 N–H and O–H groups in total. The maximum absolute atomic E-state index is 13.5. The fourth-order valence-corrected chi connectivity index (χ4v) is 4.73. The Hall–Kier alpha value is -5.03. The molecule has 0 bridgehead atoms. The first kappa shape index (κ1) is 32.9. The first-order valence-electron chi connectivity index (χ1n) is 14.2. The third kappa shape index (κ3) is 7.74. The lowest BCUT2D eigenvalue weighted by Gasteiger charge is -2.27. The number of methoxy groups -OCH3 is 1. The second kappa shape index (κ2) is 14.6. The van der Waals surface area contributed by atoms with E-state index in [9.17, 15) is 19.2 Å². The fourth-order valence-electron chi connectivity index (χ4n) is 4.45. The molecule has 3 aromatic carbocycles. The lowest BCUT2D eigenvalue weighted by molar-refractivity contribution is -0.122. The Morgan fingerprint density at radius 1 is 0.956 bits per heavy atom. The van der Waals surface area contributed by atoms with Crippen LogP contribution < -0.4 is 34.5 Å². The number of urea groups is 1. The van der Waals surface area contributed by atoms with E-state index < -0.39 is 23.8 Å². The predicted octanol–water partition coefficient (Wildman–Crippen LogP) is 5.84. The van der Waals surface area contributed by atoms with Crippen molar-refractivity contribution in [2.75, 3.05) is 37.1 Å². The summed E-state index contributed by atoms with van der Waals surface area (Å²) in [4.78, 5) is 52.6. The Kier molecular flexibility index (Phi) is 10.7. The molecule has 4 rings (SSSR count). The van der Waals surface area contributed by atoms with Gasteiger partial charge in [-0.2, -0.15) is 0 Å². The monoisotopic (exact) mass is 635 g/mol. The quantitative estimate of drug-likeness (QED) is 0.187. The normalized spacial score (nSPS) is 13.9. The summed E-state index contributed by atoms with van der Waals surface area (Å²) in [6, 6.07) is 12.4. The summed E-state index contributed by atoms with van der Waals surface area (Å²) in [6.07, 6.45) is 2.07. The molecular formula is C33H34ClN3O8. The molecule has 12 heteroatoms. The van der Waals surface area contributed by atoms with Crippen LogP contribution in [0.4, 0.5) is 16.2 Å². The van der Waals surface area contributed by atoms with Gasteiger partial charge in [-0.3, -0.25) is 19.7 Å². The van der Waals surface area contributed by atoms with Crippen LogP contribution in [0.25, 0.3) is 6.08 Å². The third-order valence-corrected chi connectivity index (χ3v) is 6.91. The molecule has 236 valence electrons. The Bertz CT molecular complexity index is 1670. The number of barbiturate groups is 1. The second-order valence-corrected chi connectivity index (χ2v) is 10.5. The standard InChI is InChI=1S/C33H34ClN3O8/c1-6-12-44-26-11-10-22(17-27(26)42-5)37-32(40)23(31(39)36-33(37)41)14-21-15-24(34)30(28(16-21)43-7-2)45-18-29(38)35-25-13-19(3)8-9-20(25)4/h8-11,13-17H,6-7,12,18H2,1-5H3,(H,35,38)(H,36,39,41)/b23-14-. The van der Waals surface area contributed by atoms with Crippen molar-refractivity contribution in [2.24, 2.45) is 0 Å². The largest absolute Gasteiger partial charge is 0.493 e. The lowest BCUT2D eigenvalue weighted by atomic mass is 10.1. The third-order valence-electron chi connectivity index (χ3n) is 6.63. The van der Waals surface area contributed by atoms with E-state index in [1.165, 1.54) is 37.5 Å². The number of hydrogen-bond acceptors (Lipinski definition) is 8. The van der Waals surface area contributed by atoms with Crippen molar-refractivity contribution in [3.8, 4) is 23.0 Å². The highest BCUT2D eigenvalue weighted by Crippen LogP contribution is 2.38. The van der Waals surface area contributed by atoms with Crippen LogP contribution >= 0.6 is 11.6 Å². The molecule has 0 spiro atoms. The van der Waals surface area contributed by atoms with Gasteiger partial charge >= 0.3 is 6.03 Å². The minimum absolute atomic E-state index is 0.0799. The number of carbonyl (C=O) groups is 4. The number of anilines is 2. The average molecular weight is 636 g/mol. The second-order valence-electron chi connectivity index (χ2n) is 10.1. The molecule has 1 aliphatic rings. The van der Waals surface area contributed by atoms with E-state index in [0.29, 0.717) is 29.4 Å². The SMILES string of the molecule is CCCOc1ccc(N2C(=O)NC(=O)/C(=C/c3cc(Cl)c(OCC(=O)Nc4cc(C)ccc4C)c(OCC)c3)C2=O)cc1OC. The number of amides is 5. The van der Waals surface area contributed by atoms with Crippen molar-refractivity contribution < 1.29 is 38.1 Å². The molecule has 0 radical (unpaired) electrons. The number of aryl methyl sites for hydroxylation is 2. The number of rotatable bonds is 12. The number of halogens is 1. The van der Waals surface area contributed by atoms with Crippen LogP contribution in [0.5, 0.6) is 23.0 Å². The zero-order valence-electron chi connectivity index (χ0n) is 25.6. The van der Waals surface area contributed by atoms with Gasteiger partial charge in [-0.25, -0.2) is 9.69 Å². The van der Waals surface area contributed by atoms with Crippen molar-refractivity contribution in [2.45, 2.75) is 34.1 Å². The zero-order chi connectivity index (χ0) is 32.7. The number of benzene rings is 3. The van der Waals surface area contributed by atoms with Gasteiger partial charge in [0.2, 0.25) is 0 Å². The highest BCUT2D eigenvalue weighted by molar-refractivity contribution is 6.39. The van der Waals surface area contributed by atoms with Crippen LogP contribution in [-0.4, -0.2) is 50.7 Å². The fraction of sp³-hybridized carbons (Fsp3) is 0.273. The molecule has 0 saturated carbocycles. The summed E-state index contributed by atoms with van der Waals surface area (Å²) >= 11 is 6.54. The van der Waals surface area contributed by atoms with Crippen molar-refractivity contribution in [3.05, 3.63) is 75.8 Å². The maximum atomic E-state index is 13.5. The van der Waals surface area contributed by atoms with E-state index in [-0.39, 0.29) is 41.0 Å². The number of carbonyl (C=O) groups excluding carboxylic acids is 4. The minimum Gasteiger partial charge on any atom is -0.493 e. The summed E-state index contributed by atoms with van der Waals surface area (Å²) in [5.41, 5.74) is 2.74. The van der Waals surface area contributed by atoms with E-state index >= 15 is 0 Å². The molecule has 1 aliphatic heterocycles. The van der Waals surface area contributed by atoms with Gasteiger partial charge in [0, 0.05) is 11.8 Å². The van der Waals surface area contributed by atoms with E-state index in [0.717, 1.165) is 22.4 Å². The summed E-state index contributed by atoms with van der Waals surface area (Å²) in [5.74, 6) is -1.06. The number of hydrogen-bond donors (Lipinski definition) is 2. The lowest BCUT2D eigenvalue weighted by Crippen LogP contribution is -2.54. The van der Waals surface area contributed by atoms with Crippen LogP contribution in [0.2, 0.25) is 5.02 Å². The molecule has 0 aliphatic carbocycles. The highest BCUT2D eigenvalue weighted by atomic mass is 35.5. The highest BCUT2D eigenvalue weighted by Gasteiger charge is 2.37. The van der Waals surface area contributed by atoms with Crippen LogP contribution in [0, 0.1) is 13.8 Å². The van der Waals surface area contributed by atoms with Crippen LogP contribution in [-0.2, 0) is 14.4 Å². The topological polar surface area (TPSA) is 132 Å². The smallest absolute Gasteiger partial charge is 0.335 e. The molecule has 0 atom stereocenters. The van der Waals surface area contributed by atoms with E-state index in [1.54, 1.807) is 13.0 Å². The van der Waals surface area contributed by atoms with Gasteiger partial charge in [-0.1, -0.05) is 30.7 Å². The molecule has 1 heterocycles. The summed E-state index contributed by atoms with van der Waals surface area (Å²) in [5, 5.41) is 5.10. The summed E-state index contributed by atoms with van der Waals surface area (Å²) < 4.78 is 22.5. The van der Waals surface area contributed by atoms with Crippen LogP contribution in [0.15, 0.2) is 54.1 Å². The van der Waals surface area contributed by atoms with Crippen molar-refractivity contribution in [1.82, 2.24) is 5.32 Å². The molecule has 1 saturated heterocycles. The van der Waals surface area contributed by atoms with Crippen molar-refractivity contribution in [1.29, 1.82) is 0 Å². The van der Waals surface area contributed by atoms with E-state index in [2.05, 4.69) is 10.6 Å². The predicted molar refractivity (Wildman–Crippen MR) is 170 cm³/mol. The van der Waals surface area contributed by atoms with Gasteiger partial charge in [0.25, 0.3) is 17.7 Å². The van der Waals surface area contributed by atoms with Gasteiger partial charge in [0.1, 0.15) is 5.57 Å². The number of nitrogens with zero attached hydrogens (tertiary/aromatic N) is 1. The van der Waals surface area contributed by atoms with E-state index in [1.807, 2.05) is 39.0 Å². The first-order valence-corrected chi connectivity index (χ1v) is 14.6. The molecule has 3 aromatic rings. The molecule has 0 aromatic heterocycles. The molecule has 0 unspecified atom stereocenters. The summed E-state index contributed by atoms with van der Waals surface area (Å²) in [7, 11) is 1.44. The Morgan fingerprint density at radius 3 is 2.44 bits per heavy atom. The molecule has 45 heavy (non-hydrogen) atoms. The number of imide groups is 2. The maximum Gasteiger partial charge on any atom is 0.335 e. The first-order chi connectivity index (χ1) is 21.6. The van der Waals surface area contributed by atoms with Gasteiger partial charge in [0.15, 0.2) is 29.6 Å². The average Bonchev–Trinajstić information content (AvgIpc) is 3.00. The van der Waals surface area contributed by atoms with Gasteiger partial charge in [-0.05, 0) is 80.3 Å². The van der Waals surface area contributed by atoms with E-state index in [4.69, 9.17) is 30.5 Å². The molecular weight excluding hydrogens is 602 g/mol. The Morgan fingerprint density at radius 2 is 1.73 bits per heavy atom. The van der Waals surface area contributed by atoms with Gasteiger partial charge in [-0.15, -0.1) is 0 Å². The van der Waals surface area contributed by atoms with Crippen LogP contribution in [0.1, 0.15) is 37.0 Å². The zero-order valence-corrected chi connectivity index (χ0v) is 26.4. The van der Waals surface area contributed by atoms with Gasteiger partial charge in [0.05, 0.1) is 31.0 Å². The van der Waals surface area contributed by atoms with Gasteiger partial charge < -0.3 is 24.3 Å². The molecule has 11 nitrogen and oxygen atoms in total. The van der Waals surface area contributed by atoms with Crippen molar-refractivity contribution >= 4 is 52.8 Å².